The van der Waals surface area contributed by atoms with Gasteiger partial charge in [-0.1, -0.05) is 42.5 Å². The Bertz CT molecular complexity index is 1050. The number of aliphatic imine (C=N–C) groups is 1. The van der Waals surface area contributed by atoms with Gasteiger partial charge in [0.25, 0.3) is 15.9 Å². The number of nitrogens with one attached hydrogen (secondary N) is 2. The van der Waals surface area contributed by atoms with Gasteiger partial charge in [0.05, 0.1) is 10.9 Å². The smallest absolute Gasteiger partial charge is 0.328 e. The highest BCUT2D eigenvalue weighted by atomic mass is 32.2. The van der Waals surface area contributed by atoms with E-state index in [9.17, 15) is 18.0 Å². The summed E-state index contributed by atoms with van der Waals surface area (Å²) in [5.41, 5.74) is 1.32. The van der Waals surface area contributed by atoms with Crippen LogP contribution in [0, 0.1) is 0 Å². The van der Waals surface area contributed by atoms with Crippen molar-refractivity contribution in [2.75, 3.05) is 6.54 Å². The third kappa shape index (κ3) is 4.80. The maximum atomic E-state index is 12.3. The lowest BCUT2D eigenvalue weighted by Gasteiger charge is -2.18. The van der Waals surface area contributed by atoms with Crippen LogP contribution in [0.1, 0.15) is 31.0 Å². The first kappa shape index (κ1) is 20.5. The number of ether oxygens (including phenoxy) is 1. The van der Waals surface area contributed by atoms with Gasteiger partial charge in [0.1, 0.15) is 12.4 Å². The van der Waals surface area contributed by atoms with Gasteiger partial charge in [0, 0.05) is 5.56 Å². The van der Waals surface area contributed by atoms with Crippen LogP contribution in [0.25, 0.3) is 0 Å². The van der Waals surface area contributed by atoms with Crippen molar-refractivity contribution in [2.24, 2.45) is 4.99 Å². The topological polar surface area (TPSA) is 114 Å². The molecule has 0 saturated heterocycles. The van der Waals surface area contributed by atoms with Crippen LogP contribution in [0.2, 0.25) is 0 Å². The monoisotopic (exact) mass is 415 g/mol. The second-order valence-corrected chi connectivity index (χ2v) is 8.19. The maximum Gasteiger partial charge on any atom is 0.328 e. The Balaban J connectivity index is 1.57. The summed E-state index contributed by atoms with van der Waals surface area (Å²) in [5, 5.41) is 2.78. The first-order chi connectivity index (χ1) is 13.8. The molecule has 0 bridgehead atoms. The highest BCUT2D eigenvalue weighted by Gasteiger charge is 2.30. The molecule has 0 aliphatic carbocycles. The normalized spacial score (nSPS) is 17.7. The fourth-order valence-electron chi connectivity index (χ4n) is 2.84. The zero-order chi connectivity index (χ0) is 21.0. The predicted molar refractivity (Wildman–Crippen MR) is 107 cm³/mol. The second kappa shape index (κ2) is 8.44. The van der Waals surface area contributed by atoms with Crippen molar-refractivity contribution < 1.29 is 22.7 Å². The Morgan fingerprint density at radius 2 is 1.72 bits per heavy atom. The van der Waals surface area contributed by atoms with E-state index in [0.717, 1.165) is 5.56 Å². The highest BCUT2D eigenvalue weighted by molar-refractivity contribution is 7.90. The van der Waals surface area contributed by atoms with Crippen molar-refractivity contribution in [3.8, 4) is 0 Å². The number of nitrogens with zero attached hydrogens (tertiary/aromatic N) is 1. The number of carbonyl (C=O) groups is 2. The zero-order valence-electron chi connectivity index (χ0n) is 16.0. The third-order valence-electron chi connectivity index (χ3n) is 4.36. The van der Waals surface area contributed by atoms with Crippen LogP contribution in [0.3, 0.4) is 0 Å². The lowest BCUT2D eigenvalue weighted by molar-refractivity contribution is -0.153. The SMILES string of the molecule is CC(OC(=O)CN=C1NS(=O)(=O)c2ccccc21)C(=O)NC(C)c1ccccc1. The van der Waals surface area contributed by atoms with Crippen LogP contribution in [-0.4, -0.2) is 38.8 Å². The first-order valence-electron chi connectivity index (χ1n) is 8.99. The van der Waals surface area contributed by atoms with Crippen molar-refractivity contribution in [1.82, 2.24) is 10.0 Å². The minimum Gasteiger partial charge on any atom is -0.451 e. The van der Waals surface area contributed by atoms with Crippen molar-refractivity contribution in [2.45, 2.75) is 30.9 Å². The molecule has 2 unspecified atom stereocenters. The van der Waals surface area contributed by atoms with Crippen molar-refractivity contribution >= 4 is 27.7 Å². The number of fused-ring (bicyclic) bond motifs is 1. The van der Waals surface area contributed by atoms with Gasteiger partial charge in [-0.3, -0.25) is 19.3 Å². The Labute approximate surface area is 169 Å². The first-order valence-corrected chi connectivity index (χ1v) is 10.5. The van der Waals surface area contributed by atoms with E-state index in [4.69, 9.17) is 4.74 Å². The van der Waals surface area contributed by atoms with Gasteiger partial charge in [-0.25, -0.2) is 8.42 Å². The summed E-state index contributed by atoms with van der Waals surface area (Å²) in [5.74, 6) is -1.10. The van der Waals surface area contributed by atoms with Crippen LogP contribution >= 0.6 is 0 Å². The number of rotatable bonds is 6. The number of amides is 1. The quantitative estimate of drug-likeness (QED) is 0.695. The second-order valence-electron chi connectivity index (χ2n) is 6.54. The number of amidine groups is 1. The molecule has 0 saturated carbocycles. The van der Waals surface area contributed by atoms with Crippen LogP contribution < -0.4 is 10.0 Å². The molecule has 0 radical (unpaired) electrons. The van der Waals surface area contributed by atoms with Crippen LogP contribution in [0.15, 0.2) is 64.5 Å². The molecule has 1 aliphatic rings. The Kier molecular flexibility index (Phi) is 5.97. The molecule has 0 aromatic heterocycles. The minimum atomic E-state index is -3.68. The summed E-state index contributed by atoms with van der Waals surface area (Å²) in [7, 11) is -3.68. The predicted octanol–water partition coefficient (Wildman–Crippen LogP) is 1.53. The largest absolute Gasteiger partial charge is 0.451 e. The number of hydrogen-bond acceptors (Lipinski definition) is 6. The van der Waals surface area contributed by atoms with Gasteiger partial charge in [0.2, 0.25) is 0 Å². The number of esters is 1. The molecule has 1 heterocycles. The molecule has 8 nitrogen and oxygen atoms in total. The van der Waals surface area contributed by atoms with E-state index >= 15 is 0 Å². The zero-order valence-corrected chi connectivity index (χ0v) is 16.8. The van der Waals surface area contributed by atoms with Gasteiger partial charge in [-0.15, -0.1) is 0 Å². The molecule has 2 aromatic carbocycles. The van der Waals surface area contributed by atoms with E-state index in [1.54, 1.807) is 18.2 Å². The lowest BCUT2D eigenvalue weighted by Crippen LogP contribution is -2.37. The molecule has 2 aromatic rings. The van der Waals surface area contributed by atoms with Gasteiger partial charge < -0.3 is 10.1 Å². The summed E-state index contributed by atoms with van der Waals surface area (Å²) in [6, 6.07) is 15.5. The van der Waals surface area contributed by atoms with E-state index in [1.807, 2.05) is 37.3 Å². The summed E-state index contributed by atoms with van der Waals surface area (Å²) >= 11 is 0. The fraction of sp³-hybridized carbons (Fsp3) is 0.250. The Hall–Kier alpha value is -3.20. The molecule has 2 atom stereocenters. The van der Waals surface area contributed by atoms with Gasteiger partial charge in [-0.2, -0.15) is 0 Å². The number of benzene rings is 2. The van der Waals surface area contributed by atoms with Crippen LogP contribution in [0.4, 0.5) is 0 Å². The van der Waals surface area contributed by atoms with Crippen LogP contribution in [0.5, 0.6) is 0 Å². The average Bonchev–Trinajstić information content (AvgIpc) is 2.97. The molecule has 152 valence electrons. The number of hydrogen-bond donors (Lipinski definition) is 2. The number of carbonyl (C=O) groups excluding carboxylic acids is 2. The molecular weight excluding hydrogens is 394 g/mol. The molecule has 29 heavy (non-hydrogen) atoms. The Morgan fingerprint density at radius 1 is 1.07 bits per heavy atom. The summed E-state index contributed by atoms with van der Waals surface area (Å²) in [6.07, 6.45) is -1.01. The molecule has 2 N–H and O–H groups in total. The maximum absolute atomic E-state index is 12.3. The lowest BCUT2D eigenvalue weighted by atomic mass is 10.1. The minimum absolute atomic E-state index is 0.0763. The van der Waals surface area contributed by atoms with E-state index in [2.05, 4.69) is 15.0 Å². The molecular formula is C20H21N3O5S. The van der Waals surface area contributed by atoms with E-state index < -0.39 is 34.5 Å². The highest BCUT2D eigenvalue weighted by Crippen LogP contribution is 2.22. The van der Waals surface area contributed by atoms with Crippen molar-refractivity contribution in [3.05, 3.63) is 65.7 Å². The Morgan fingerprint density at radius 3 is 2.45 bits per heavy atom. The molecule has 3 rings (SSSR count). The molecule has 0 fully saturated rings. The van der Waals surface area contributed by atoms with Gasteiger partial charge in [-0.05, 0) is 31.5 Å². The molecule has 1 aliphatic heterocycles. The summed E-state index contributed by atoms with van der Waals surface area (Å²) in [4.78, 5) is 28.4. The molecule has 0 spiro atoms. The van der Waals surface area contributed by atoms with Crippen molar-refractivity contribution in [3.63, 3.8) is 0 Å². The van der Waals surface area contributed by atoms with E-state index in [-0.39, 0.29) is 16.8 Å². The fourth-order valence-corrected chi connectivity index (χ4v) is 4.09. The van der Waals surface area contributed by atoms with Crippen LogP contribution in [-0.2, 0) is 24.3 Å². The summed E-state index contributed by atoms with van der Waals surface area (Å²) in [6.45, 7) is 2.88. The van der Waals surface area contributed by atoms with E-state index in [0.29, 0.717) is 5.56 Å². The van der Waals surface area contributed by atoms with Crippen molar-refractivity contribution in [1.29, 1.82) is 0 Å². The average molecular weight is 415 g/mol. The standard InChI is InChI=1S/C20H21N3O5S/c1-13(15-8-4-3-5-9-15)22-20(25)14(2)28-18(24)12-21-19-16-10-6-7-11-17(16)29(26,27)23-19/h3-11,13-14H,12H2,1-2H3,(H,21,23)(H,22,25). The third-order valence-corrected chi connectivity index (χ3v) is 5.76. The summed E-state index contributed by atoms with van der Waals surface area (Å²) < 4.78 is 31.5. The van der Waals surface area contributed by atoms with E-state index in [1.165, 1.54) is 13.0 Å². The van der Waals surface area contributed by atoms with Gasteiger partial charge >= 0.3 is 5.97 Å². The molecule has 9 heteroatoms. The number of sulfonamides is 1. The molecule has 1 amide bonds. The van der Waals surface area contributed by atoms with Gasteiger partial charge in [0.15, 0.2) is 6.10 Å².